The van der Waals surface area contributed by atoms with E-state index in [2.05, 4.69) is 10.2 Å². The van der Waals surface area contributed by atoms with E-state index < -0.39 is 10.0 Å². The summed E-state index contributed by atoms with van der Waals surface area (Å²) in [5.41, 5.74) is 2.73. The van der Waals surface area contributed by atoms with Gasteiger partial charge >= 0.3 is 0 Å². The van der Waals surface area contributed by atoms with Crippen LogP contribution in [0.1, 0.15) is 23.2 Å². The fraction of sp³-hybridized carbons (Fsp3) is 0.316. The van der Waals surface area contributed by atoms with E-state index >= 15 is 0 Å². The van der Waals surface area contributed by atoms with Crippen molar-refractivity contribution in [3.63, 3.8) is 0 Å². The first-order chi connectivity index (χ1) is 12.3. The number of sulfonamides is 1. The number of carbonyl (C=O) groups excluding carboxylic acids is 1. The third-order valence-electron chi connectivity index (χ3n) is 4.57. The van der Waals surface area contributed by atoms with Crippen molar-refractivity contribution >= 4 is 33.0 Å². The lowest BCUT2D eigenvalue weighted by Gasteiger charge is -2.18. The van der Waals surface area contributed by atoms with Crippen molar-refractivity contribution < 1.29 is 13.2 Å². The molecule has 3 rings (SSSR count). The Kier molecular flexibility index (Phi) is 5.18. The molecule has 1 saturated heterocycles. The summed E-state index contributed by atoms with van der Waals surface area (Å²) in [7, 11) is -1.91. The minimum Gasteiger partial charge on any atom is -0.372 e. The smallest absolute Gasteiger partial charge is 0.255 e. The number of anilines is 3. The Balaban J connectivity index is 1.72. The highest BCUT2D eigenvalue weighted by atomic mass is 32.2. The van der Waals surface area contributed by atoms with Gasteiger partial charge in [0.05, 0.1) is 11.9 Å². The van der Waals surface area contributed by atoms with E-state index in [-0.39, 0.29) is 5.91 Å². The third kappa shape index (κ3) is 4.16. The van der Waals surface area contributed by atoms with Crippen molar-refractivity contribution in [3.05, 3.63) is 54.1 Å². The molecule has 0 spiro atoms. The number of hydrogen-bond acceptors (Lipinski definition) is 4. The Labute approximate surface area is 154 Å². The van der Waals surface area contributed by atoms with Crippen molar-refractivity contribution in [1.29, 1.82) is 0 Å². The number of carbonyl (C=O) groups is 1. The fourth-order valence-electron chi connectivity index (χ4n) is 2.97. The van der Waals surface area contributed by atoms with Crippen LogP contribution in [-0.4, -0.2) is 40.7 Å². The molecule has 0 bridgehead atoms. The molecule has 2 aromatic rings. The van der Waals surface area contributed by atoms with Crippen LogP contribution in [0.5, 0.6) is 0 Å². The maximum absolute atomic E-state index is 12.5. The van der Waals surface area contributed by atoms with E-state index in [1.54, 1.807) is 24.3 Å². The minimum atomic E-state index is -3.37. The molecule has 1 aliphatic rings. The van der Waals surface area contributed by atoms with Crippen LogP contribution in [0.3, 0.4) is 0 Å². The topological polar surface area (TPSA) is 69.7 Å². The van der Waals surface area contributed by atoms with Gasteiger partial charge in [-0.2, -0.15) is 0 Å². The predicted molar refractivity (Wildman–Crippen MR) is 106 cm³/mol. The molecule has 6 nitrogen and oxygen atoms in total. The van der Waals surface area contributed by atoms with E-state index in [9.17, 15) is 13.2 Å². The lowest BCUT2D eigenvalue weighted by Crippen LogP contribution is -2.25. The lowest BCUT2D eigenvalue weighted by atomic mass is 10.2. The number of rotatable bonds is 5. The Morgan fingerprint density at radius 2 is 1.73 bits per heavy atom. The summed E-state index contributed by atoms with van der Waals surface area (Å²) in [4.78, 5) is 14.8. The average molecular weight is 373 g/mol. The van der Waals surface area contributed by atoms with Gasteiger partial charge in [-0.25, -0.2) is 8.42 Å². The molecule has 2 aromatic carbocycles. The van der Waals surface area contributed by atoms with E-state index in [1.165, 1.54) is 19.9 Å². The maximum Gasteiger partial charge on any atom is 0.255 e. The van der Waals surface area contributed by atoms with Crippen molar-refractivity contribution in [3.8, 4) is 0 Å². The third-order valence-corrected chi connectivity index (χ3v) is 5.77. The molecule has 1 heterocycles. The molecule has 1 aliphatic heterocycles. The van der Waals surface area contributed by atoms with Gasteiger partial charge in [-0.15, -0.1) is 0 Å². The highest BCUT2D eigenvalue weighted by Gasteiger charge is 2.15. The zero-order valence-corrected chi connectivity index (χ0v) is 15.8. The summed E-state index contributed by atoms with van der Waals surface area (Å²) < 4.78 is 24.5. The molecule has 7 heteroatoms. The lowest BCUT2D eigenvalue weighted by molar-refractivity contribution is 0.102. The summed E-state index contributed by atoms with van der Waals surface area (Å²) in [6.45, 7) is 2.15. The number of amides is 1. The average Bonchev–Trinajstić information content (AvgIpc) is 3.15. The molecule has 1 amide bonds. The van der Waals surface area contributed by atoms with Crippen molar-refractivity contribution in [2.45, 2.75) is 12.8 Å². The molecule has 0 unspecified atom stereocenters. The Morgan fingerprint density at radius 1 is 1.08 bits per heavy atom. The summed E-state index contributed by atoms with van der Waals surface area (Å²) in [5, 5.41) is 2.86. The van der Waals surface area contributed by atoms with Crippen LogP contribution >= 0.6 is 0 Å². The van der Waals surface area contributed by atoms with E-state index in [1.807, 2.05) is 24.3 Å². The van der Waals surface area contributed by atoms with Gasteiger partial charge in [0.15, 0.2) is 0 Å². The summed E-state index contributed by atoms with van der Waals surface area (Å²) in [6.07, 6.45) is 3.56. The molecule has 26 heavy (non-hydrogen) atoms. The maximum atomic E-state index is 12.5. The number of nitrogens with zero attached hydrogens (tertiary/aromatic N) is 2. The second kappa shape index (κ2) is 7.37. The largest absolute Gasteiger partial charge is 0.372 e. The molecular weight excluding hydrogens is 350 g/mol. The first-order valence-electron chi connectivity index (χ1n) is 8.55. The summed E-state index contributed by atoms with van der Waals surface area (Å²) in [6, 6.07) is 14.3. The predicted octanol–water partition coefficient (Wildman–Crippen LogP) is 2.93. The van der Waals surface area contributed by atoms with Crippen LogP contribution < -0.4 is 14.5 Å². The Morgan fingerprint density at radius 3 is 2.35 bits per heavy atom. The normalized spacial score (nSPS) is 14.3. The second-order valence-electron chi connectivity index (χ2n) is 6.48. The number of hydrogen-bond donors (Lipinski definition) is 1. The Bertz CT molecular complexity index is 889. The molecule has 0 atom stereocenters. The Hall–Kier alpha value is -2.54. The van der Waals surface area contributed by atoms with Crippen LogP contribution in [0.25, 0.3) is 0 Å². The monoisotopic (exact) mass is 373 g/mol. The van der Waals surface area contributed by atoms with Gasteiger partial charge in [0.1, 0.15) is 0 Å². The van der Waals surface area contributed by atoms with Gasteiger partial charge in [-0.1, -0.05) is 6.07 Å². The van der Waals surface area contributed by atoms with Gasteiger partial charge < -0.3 is 10.2 Å². The second-order valence-corrected chi connectivity index (χ2v) is 8.49. The molecular formula is C19H23N3O3S. The molecule has 0 aliphatic carbocycles. The molecule has 0 radical (unpaired) electrons. The summed E-state index contributed by atoms with van der Waals surface area (Å²) in [5.74, 6) is -0.275. The molecule has 0 saturated carbocycles. The van der Waals surface area contributed by atoms with Crippen LogP contribution in [0, 0.1) is 0 Å². The van der Waals surface area contributed by atoms with E-state index in [0.717, 1.165) is 29.3 Å². The van der Waals surface area contributed by atoms with Crippen LogP contribution in [0.15, 0.2) is 48.5 Å². The standard InChI is InChI=1S/C19H23N3O3S/c1-21(26(2,24)25)18-7-5-6-15(14-18)19(23)20-16-8-10-17(11-9-16)22-12-3-4-13-22/h5-11,14H,3-4,12-13H2,1-2H3,(H,20,23). The SMILES string of the molecule is CN(c1cccc(C(=O)Nc2ccc(N3CCCC3)cc2)c1)S(C)(=O)=O. The van der Waals surface area contributed by atoms with Gasteiger partial charge in [0.25, 0.3) is 5.91 Å². The van der Waals surface area contributed by atoms with E-state index in [0.29, 0.717) is 16.9 Å². The van der Waals surface area contributed by atoms with Gasteiger partial charge in [-0.05, 0) is 55.3 Å². The van der Waals surface area contributed by atoms with Crippen LogP contribution in [0.2, 0.25) is 0 Å². The van der Waals surface area contributed by atoms with Gasteiger partial charge in [0.2, 0.25) is 10.0 Å². The zero-order valence-electron chi connectivity index (χ0n) is 15.0. The van der Waals surface area contributed by atoms with Crippen molar-refractivity contribution in [2.75, 3.05) is 40.9 Å². The van der Waals surface area contributed by atoms with Crippen LogP contribution in [-0.2, 0) is 10.0 Å². The van der Waals surface area contributed by atoms with Crippen molar-refractivity contribution in [2.24, 2.45) is 0 Å². The first-order valence-corrected chi connectivity index (χ1v) is 10.4. The molecule has 1 N–H and O–H groups in total. The molecule has 1 fully saturated rings. The quantitative estimate of drug-likeness (QED) is 0.875. The number of nitrogens with one attached hydrogen (secondary N) is 1. The van der Waals surface area contributed by atoms with Crippen LogP contribution in [0.4, 0.5) is 17.1 Å². The van der Waals surface area contributed by atoms with Gasteiger partial charge in [-0.3, -0.25) is 9.10 Å². The molecule has 138 valence electrons. The van der Waals surface area contributed by atoms with E-state index in [4.69, 9.17) is 0 Å². The summed E-state index contributed by atoms with van der Waals surface area (Å²) >= 11 is 0. The highest BCUT2D eigenvalue weighted by molar-refractivity contribution is 7.92. The molecule has 0 aromatic heterocycles. The highest BCUT2D eigenvalue weighted by Crippen LogP contribution is 2.23. The number of benzene rings is 2. The van der Waals surface area contributed by atoms with Gasteiger partial charge in [0, 0.05) is 37.1 Å². The van der Waals surface area contributed by atoms with Crippen molar-refractivity contribution in [1.82, 2.24) is 0 Å². The zero-order chi connectivity index (χ0) is 18.7. The minimum absolute atomic E-state index is 0.275. The first kappa shape index (κ1) is 18.3. The fourth-order valence-corrected chi connectivity index (χ4v) is 3.47.